The lowest BCUT2D eigenvalue weighted by Gasteiger charge is -2.25. The molecule has 146 valence electrons. The van der Waals surface area contributed by atoms with Crippen molar-refractivity contribution in [3.05, 3.63) is 71.7 Å². The van der Waals surface area contributed by atoms with Gasteiger partial charge in [-0.05, 0) is 43.2 Å². The van der Waals surface area contributed by atoms with Crippen molar-refractivity contribution in [3.8, 4) is 11.3 Å². The van der Waals surface area contributed by atoms with Crippen molar-refractivity contribution in [1.29, 1.82) is 0 Å². The number of aromatic nitrogens is 2. The fourth-order valence-electron chi connectivity index (χ4n) is 4.87. The third-order valence-electron chi connectivity index (χ3n) is 6.16. The summed E-state index contributed by atoms with van der Waals surface area (Å²) in [5, 5.41) is 0. The normalized spacial score (nSPS) is 16.9. The van der Waals surface area contributed by atoms with Gasteiger partial charge in [0.05, 0.1) is 11.4 Å². The molecule has 1 fully saturated rings. The molecule has 5 nitrogen and oxygen atoms in total. The summed E-state index contributed by atoms with van der Waals surface area (Å²) in [4.78, 5) is 23.4. The molecule has 1 spiro atoms. The van der Waals surface area contributed by atoms with E-state index in [1.165, 1.54) is 6.07 Å². The molecule has 5 rings (SSSR count). The number of benzene rings is 2. The lowest BCUT2D eigenvalue weighted by atomic mass is 9.80. The summed E-state index contributed by atoms with van der Waals surface area (Å²) in [7, 11) is 0. The first-order valence-electron chi connectivity index (χ1n) is 9.87. The van der Waals surface area contributed by atoms with Gasteiger partial charge in [0.15, 0.2) is 0 Å². The van der Waals surface area contributed by atoms with E-state index >= 15 is 0 Å². The highest BCUT2D eigenvalue weighted by atomic mass is 19.1. The number of fused-ring (bicyclic) bond motifs is 2. The van der Waals surface area contributed by atoms with Crippen LogP contribution < -0.4 is 10.6 Å². The first kappa shape index (κ1) is 17.8. The van der Waals surface area contributed by atoms with E-state index in [0.29, 0.717) is 29.1 Å². The van der Waals surface area contributed by atoms with Crippen LogP contribution >= 0.6 is 0 Å². The van der Waals surface area contributed by atoms with Crippen LogP contribution in [0.3, 0.4) is 0 Å². The van der Waals surface area contributed by atoms with Crippen LogP contribution in [0.2, 0.25) is 0 Å². The quantitative estimate of drug-likeness (QED) is 0.709. The molecule has 2 heterocycles. The number of carbonyl (C=O) groups excluding carboxylic acids is 1. The molecule has 0 saturated heterocycles. The highest BCUT2D eigenvalue weighted by Gasteiger charge is 2.48. The minimum absolute atomic E-state index is 0.121. The molecular formula is C23H21FN4O. The van der Waals surface area contributed by atoms with Crippen molar-refractivity contribution < 1.29 is 9.18 Å². The highest BCUT2D eigenvalue weighted by molar-refractivity contribution is 6.08. The maximum Gasteiger partial charge on any atom is 0.258 e. The van der Waals surface area contributed by atoms with Crippen LogP contribution in [0.15, 0.2) is 54.7 Å². The zero-order valence-electron chi connectivity index (χ0n) is 15.9. The molecule has 2 aliphatic rings. The van der Waals surface area contributed by atoms with Crippen LogP contribution in [-0.2, 0) is 5.41 Å². The third kappa shape index (κ3) is 2.87. The summed E-state index contributed by atoms with van der Waals surface area (Å²) < 4.78 is 14.8. The predicted molar refractivity (Wildman–Crippen MR) is 110 cm³/mol. The highest BCUT2D eigenvalue weighted by Crippen LogP contribution is 2.51. The fourth-order valence-corrected chi connectivity index (χ4v) is 4.87. The average Bonchev–Trinajstić information content (AvgIpc) is 3.34. The second kappa shape index (κ2) is 6.65. The Kier molecular flexibility index (Phi) is 4.08. The summed E-state index contributed by atoms with van der Waals surface area (Å²) in [6, 6.07) is 14.1. The number of nitrogens with zero attached hydrogens (tertiary/aromatic N) is 3. The Balaban J connectivity index is 1.54. The van der Waals surface area contributed by atoms with Crippen LogP contribution in [0.1, 0.15) is 41.6 Å². The van der Waals surface area contributed by atoms with Gasteiger partial charge in [-0.15, -0.1) is 0 Å². The molecule has 1 aliphatic heterocycles. The summed E-state index contributed by atoms with van der Waals surface area (Å²) in [6.45, 7) is 0.535. The number of amides is 1. The van der Waals surface area contributed by atoms with Crippen LogP contribution in [-0.4, -0.2) is 22.4 Å². The molecule has 0 atom stereocenters. The van der Waals surface area contributed by atoms with Gasteiger partial charge in [-0.3, -0.25) is 4.79 Å². The molecular weight excluding hydrogens is 367 g/mol. The first-order chi connectivity index (χ1) is 14.1. The smallest absolute Gasteiger partial charge is 0.258 e. The molecule has 0 radical (unpaired) electrons. The molecule has 0 unspecified atom stereocenters. The topological polar surface area (TPSA) is 72.1 Å². The Morgan fingerprint density at radius 1 is 1.10 bits per heavy atom. The molecule has 2 aromatic carbocycles. The largest absolute Gasteiger partial charge is 0.368 e. The number of rotatable bonds is 2. The number of halogens is 1. The van der Waals surface area contributed by atoms with Gasteiger partial charge >= 0.3 is 0 Å². The Bertz CT molecular complexity index is 1110. The van der Waals surface area contributed by atoms with Gasteiger partial charge in [-0.1, -0.05) is 31.0 Å². The van der Waals surface area contributed by atoms with Crippen molar-refractivity contribution in [3.63, 3.8) is 0 Å². The maximum atomic E-state index is 14.8. The van der Waals surface area contributed by atoms with Crippen molar-refractivity contribution in [1.82, 2.24) is 9.97 Å². The number of anilines is 2. The molecule has 0 bridgehead atoms. The molecule has 1 aromatic heterocycles. The van der Waals surface area contributed by atoms with E-state index in [1.54, 1.807) is 29.3 Å². The summed E-state index contributed by atoms with van der Waals surface area (Å²) in [6.07, 6.45) is 5.58. The standard InChI is InChI=1S/C23H21FN4O/c24-17-7-4-8-19-20(17)23(10-1-2-11-23)14-28(19)21(29)16-6-3-5-15(13-16)18-9-12-26-22(25)27-18/h3-9,12-13H,1-2,10-11,14H2,(H2,25,26,27). The number of nitrogen functional groups attached to an aromatic ring is 1. The van der Waals surface area contributed by atoms with Crippen LogP contribution in [0, 0.1) is 5.82 Å². The average molecular weight is 388 g/mol. The lowest BCUT2D eigenvalue weighted by Crippen LogP contribution is -2.35. The Morgan fingerprint density at radius 3 is 2.69 bits per heavy atom. The molecule has 1 aliphatic carbocycles. The van der Waals surface area contributed by atoms with E-state index in [0.717, 1.165) is 31.2 Å². The predicted octanol–water partition coefficient (Wildman–Crippen LogP) is 4.34. The van der Waals surface area contributed by atoms with Crippen LogP contribution in [0.4, 0.5) is 16.0 Å². The van der Waals surface area contributed by atoms with E-state index in [-0.39, 0.29) is 23.1 Å². The van der Waals surface area contributed by atoms with Crippen molar-refractivity contribution >= 4 is 17.5 Å². The third-order valence-corrected chi connectivity index (χ3v) is 6.16. The van der Waals surface area contributed by atoms with Gasteiger partial charge in [0.2, 0.25) is 5.95 Å². The number of hydrogen-bond donors (Lipinski definition) is 1. The van der Waals surface area contributed by atoms with Gasteiger partial charge in [-0.25, -0.2) is 14.4 Å². The Hall–Kier alpha value is -3.28. The van der Waals surface area contributed by atoms with E-state index in [1.807, 2.05) is 24.3 Å². The van der Waals surface area contributed by atoms with Crippen LogP contribution in [0.5, 0.6) is 0 Å². The Morgan fingerprint density at radius 2 is 1.90 bits per heavy atom. The van der Waals surface area contributed by atoms with Crippen molar-refractivity contribution in [2.45, 2.75) is 31.1 Å². The van der Waals surface area contributed by atoms with Gasteiger partial charge in [0.25, 0.3) is 5.91 Å². The zero-order chi connectivity index (χ0) is 20.0. The second-order valence-electron chi connectivity index (χ2n) is 7.89. The number of carbonyl (C=O) groups is 1. The van der Waals surface area contributed by atoms with E-state index in [4.69, 9.17) is 5.73 Å². The summed E-state index contributed by atoms with van der Waals surface area (Å²) in [5.74, 6) is -0.138. The second-order valence-corrected chi connectivity index (χ2v) is 7.89. The van der Waals surface area contributed by atoms with Gasteiger partial charge < -0.3 is 10.6 Å². The monoisotopic (exact) mass is 388 g/mol. The lowest BCUT2D eigenvalue weighted by molar-refractivity contribution is 0.0985. The van der Waals surface area contributed by atoms with E-state index < -0.39 is 0 Å². The minimum Gasteiger partial charge on any atom is -0.368 e. The first-order valence-corrected chi connectivity index (χ1v) is 9.87. The number of hydrogen-bond acceptors (Lipinski definition) is 4. The molecule has 6 heteroatoms. The molecule has 1 amide bonds. The van der Waals surface area contributed by atoms with Crippen LogP contribution in [0.25, 0.3) is 11.3 Å². The maximum absolute atomic E-state index is 14.8. The Labute approximate surface area is 168 Å². The summed E-state index contributed by atoms with van der Waals surface area (Å²) in [5.41, 5.74) is 8.85. The van der Waals surface area contributed by atoms with Gasteiger partial charge in [-0.2, -0.15) is 0 Å². The zero-order valence-corrected chi connectivity index (χ0v) is 15.9. The molecule has 1 saturated carbocycles. The molecule has 2 N–H and O–H groups in total. The summed E-state index contributed by atoms with van der Waals surface area (Å²) >= 11 is 0. The fraction of sp³-hybridized carbons (Fsp3) is 0.261. The van der Waals surface area contributed by atoms with E-state index in [2.05, 4.69) is 9.97 Å². The SMILES string of the molecule is Nc1nccc(-c2cccc(C(=O)N3CC4(CCCC4)c4c(F)cccc43)c2)n1. The van der Waals surface area contributed by atoms with Crippen molar-refractivity contribution in [2.24, 2.45) is 0 Å². The molecule has 29 heavy (non-hydrogen) atoms. The van der Waals surface area contributed by atoms with E-state index in [9.17, 15) is 9.18 Å². The van der Waals surface area contributed by atoms with Gasteiger partial charge in [0.1, 0.15) is 5.82 Å². The van der Waals surface area contributed by atoms with Gasteiger partial charge in [0, 0.05) is 34.8 Å². The minimum atomic E-state index is -0.255. The number of nitrogens with two attached hydrogens (primary N) is 1. The van der Waals surface area contributed by atoms with Crippen molar-refractivity contribution in [2.75, 3.05) is 17.2 Å². The molecule has 3 aromatic rings.